The molecule has 108 valence electrons. The molecule has 0 aliphatic rings. The number of hydrogen-bond acceptors (Lipinski definition) is 4. The molecule has 0 saturated carbocycles. The number of ether oxygens (including phenoxy) is 2. The van der Waals surface area contributed by atoms with E-state index >= 15 is 0 Å². The molecule has 0 fully saturated rings. The van der Waals surface area contributed by atoms with Crippen molar-refractivity contribution in [3.63, 3.8) is 0 Å². The lowest BCUT2D eigenvalue weighted by molar-refractivity contribution is 0.328. The molecule has 0 aliphatic carbocycles. The predicted molar refractivity (Wildman–Crippen MR) is 78.3 cm³/mol. The van der Waals surface area contributed by atoms with Gasteiger partial charge in [0.15, 0.2) is 11.5 Å². The minimum absolute atomic E-state index is 0.767. The second-order valence-electron chi connectivity index (χ2n) is 4.81. The summed E-state index contributed by atoms with van der Waals surface area (Å²) in [5.41, 5.74) is 2.43. The van der Waals surface area contributed by atoms with Gasteiger partial charge in [-0.05, 0) is 37.2 Å². The Kier molecular flexibility index (Phi) is 5.07. The molecule has 0 saturated heterocycles. The number of hydrogen-bond donors (Lipinski definition) is 0. The van der Waals surface area contributed by atoms with Gasteiger partial charge in [0, 0.05) is 18.7 Å². The highest BCUT2D eigenvalue weighted by Gasteiger charge is 2.06. The quantitative estimate of drug-likeness (QED) is 0.778. The summed E-state index contributed by atoms with van der Waals surface area (Å²) in [5, 5.41) is 0. The van der Waals surface area contributed by atoms with Crippen LogP contribution in [0.2, 0.25) is 0 Å². The van der Waals surface area contributed by atoms with Gasteiger partial charge in [0.2, 0.25) is 0 Å². The summed E-state index contributed by atoms with van der Waals surface area (Å²) in [6.07, 6.45) is 4.46. The fourth-order valence-electron chi connectivity index (χ4n) is 2.13. The predicted octanol–water partition coefficient (Wildman–Crippen LogP) is 2.97. The first-order valence-electron chi connectivity index (χ1n) is 6.63. The van der Waals surface area contributed by atoms with Crippen molar-refractivity contribution >= 4 is 0 Å². The van der Waals surface area contributed by atoms with Crippen molar-refractivity contribution in [2.45, 2.75) is 13.0 Å². The van der Waals surface area contributed by atoms with Crippen LogP contribution in [0.25, 0.3) is 0 Å². The topological polar surface area (TPSA) is 34.8 Å². The van der Waals surface area contributed by atoms with E-state index in [1.54, 1.807) is 26.7 Å². The zero-order valence-corrected chi connectivity index (χ0v) is 12.3. The number of benzene rings is 1. The van der Waals surface area contributed by atoms with Gasteiger partial charge in [-0.25, -0.2) is 0 Å². The third-order valence-corrected chi connectivity index (χ3v) is 3.26. The largest absolute Gasteiger partial charge is 0.493 e. The van der Waals surface area contributed by atoms with E-state index in [1.807, 2.05) is 18.2 Å². The van der Waals surface area contributed by atoms with E-state index in [0.29, 0.717) is 0 Å². The van der Waals surface area contributed by atoms with E-state index in [4.69, 9.17) is 13.9 Å². The lowest BCUT2D eigenvalue weighted by Gasteiger charge is -2.16. The van der Waals surface area contributed by atoms with Gasteiger partial charge >= 0.3 is 0 Å². The zero-order valence-electron chi connectivity index (χ0n) is 12.3. The van der Waals surface area contributed by atoms with Gasteiger partial charge in [0.25, 0.3) is 0 Å². The highest BCUT2D eigenvalue weighted by atomic mass is 16.5. The molecule has 0 unspecified atom stereocenters. The summed E-state index contributed by atoms with van der Waals surface area (Å²) in [6, 6.07) is 8.05. The van der Waals surface area contributed by atoms with Crippen LogP contribution < -0.4 is 9.47 Å². The molecule has 2 rings (SSSR count). The number of furan rings is 1. The van der Waals surface area contributed by atoms with E-state index < -0.39 is 0 Å². The van der Waals surface area contributed by atoms with Crippen LogP contribution in [-0.2, 0) is 13.0 Å². The Hall–Kier alpha value is -1.94. The summed E-state index contributed by atoms with van der Waals surface area (Å²) in [5.74, 6) is 1.55. The normalized spacial score (nSPS) is 10.8. The maximum absolute atomic E-state index is 5.32. The van der Waals surface area contributed by atoms with E-state index in [0.717, 1.165) is 31.0 Å². The van der Waals surface area contributed by atoms with Crippen LogP contribution in [-0.4, -0.2) is 32.7 Å². The monoisotopic (exact) mass is 275 g/mol. The lowest BCUT2D eigenvalue weighted by Crippen LogP contribution is -2.20. The molecule has 1 aromatic carbocycles. The van der Waals surface area contributed by atoms with Crippen LogP contribution in [0.1, 0.15) is 11.1 Å². The summed E-state index contributed by atoms with van der Waals surface area (Å²) >= 11 is 0. The Labute approximate surface area is 119 Å². The van der Waals surface area contributed by atoms with Gasteiger partial charge in [-0.1, -0.05) is 6.07 Å². The average molecular weight is 275 g/mol. The summed E-state index contributed by atoms with van der Waals surface area (Å²) < 4.78 is 15.6. The fraction of sp³-hybridized carbons (Fsp3) is 0.375. The number of nitrogens with zero attached hydrogens (tertiary/aromatic N) is 1. The summed E-state index contributed by atoms with van der Waals surface area (Å²) in [7, 11) is 5.41. The molecule has 0 atom stereocenters. The molecule has 1 heterocycles. The van der Waals surface area contributed by atoms with Crippen molar-refractivity contribution in [3.8, 4) is 11.5 Å². The number of likely N-dealkylation sites (N-methyl/N-ethyl adjacent to an activating group) is 1. The second kappa shape index (κ2) is 7.01. The Balaban J connectivity index is 1.90. The van der Waals surface area contributed by atoms with E-state index in [1.165, 1.54) is 11.1 Å². The first kappa shape index (κ1) is 14.5. The molecule has 20 heavy (non-hydrogen) atoms. The first-order valence-corrected chi connectivity index (χ1v) is 6.63. The van der Waals surface area contributed by atoms with Gasteiger partial charge < -0.3 is 18.8 Å². The first-order chi connectivity index (χ1) is 9.72. The van der Waals surface area contributed by atoms with Crippen LogP contribution in [0.3, 0.4) is 0 Å². The molecule has 0 spiro atoms. The Morgan fingerprint density at radius 2 is 1.85 bits per heavy atom. The Morgan fingerprint density at radius 1 is 1.05 bits per heavy atom. The molecule has 0 bridgehead atoms. The van der Waals surface area contributed by atoms with Gasteiger partial charge in [0.05, 0.1) is 26.7 Å². The molecule has 0 aliphatic heterocycles. The van der Waals surface area contributed by atoms with Gasteiger partial charge in [0.1, 0.15) is 0 Å². The zero-order chi connectivity index (χ0) is 14.4. The Morgan fingerprint density at radius 3 is 2.50 bits per heavy atom. The molecule has 2 aromatic rings. The van der Waals surface area contributed by atoms with Gasteiger partial charge in [-0.15, -0.1) is 0 Å². The minimum Gasteiger partial charge on any atom is -0.493 e. The maximum atomic E-state index is 5.32. The van der Waals surface area contributed by atoms with Crippen molar-refractivity contribution < 1.29 is 13.9 Å². The lowest BCUT2D eigenvalue weighted by atomic mass is 10.1. The van der Waals surface area contributed by atoms with Gasteiger partial charge in [-0.2, -0.15) is 0 Å². The number of methoxy groups -OCH3 is 2. The van der Waals surface area contributed by atoms with Crippen molar-refractivity contribution in [1.82, 2.24) is 4.90 Å². The van der Waals surface area contributed by atoms with Crippen LogP contribution >= 0.6 is 0 Å². The summed E-state index contributed by atoms with van der Waals surface area (Å²) in [4.78, 5) is 2.27. The van der Waals surface area contributed by atoms with Gasteiger partial charge in [-0.3, -0.25) is 0 Å². The SMILES string of the molecule is COc1ccc(CCN(C)Cc2ccoc2)cc1OC. The van der Waals surface area contributed by atoms with Crippen molar-refractivity contribution in [3.05, 3.63) is 47.9 Å². The highest BCUT2D eigenvalue weighted by molar-refractivity contribution is 5.42. The van der Waals surface area contributed by atoms with Crippen LogP contribution in [0, 0.1) is 0 Å². The van der Waals surface area contributed by atoms with Crippen LogP contribution in [0.5, 0.6) is 11.5 Å². The summed E-state index contributed by atoms with van der Waals surface area (Å²) in [6.45, 7) is 1.87. The van der Waals surface area contributed by atoms with E-state index in [2.05, 4.69) is 18.0 Å². The second-order valence-corrected chi connectivity index (χ2v) is 4.81. The number of rotatable bonds is 7. The molecular formula is C16H21NO3. The third-order valence-electron chi connectivity index (χ3n) is 3.26. The molecule has 0 radical (unpaired) electrons. The van der Waals surface area contributed by atoms with E-state index in [-0.39, 0.29) is 0 Å². The minimum atomic E-state index is 0.767. The molecule has 4 heteroatoms. The van der Waals surface area contributed by atoms with Crippen LogP contribution in [0.4, 0.5) is 0 Å². The van der Waals surface area contributed by atoms with Crippen molar-refractivity contribution in [1.29, 1.82) is 0 Å². The molecule has 4 nitrogen and oxygen atoms in total. The van der Waals surface area contributed by atoms with E-state index in [9.17, 15) is 0 Å². The molecular weight excluding hydrogens is 254 g/mol. The highest BCUT2D eigenvalue weighted by Crippen LogP contribution is 2.27. The van der Waals surface area contributed by atoms with Crippen molar-refractivity contribution in [2.75, 3.05) is 27.8 Å². The fourth-order valence-corrected chi connectivity index (χ4v) is 2.13. The van der Waals surface area contributed by atoms with Crippen LogP contribution in [0.15, 0.2) is 41.2 Å². The van der Waals surface area contributed by atoms with Crippen molar-refractivity contribution in [2.24, 2.45) is 0 Å². The smallest absolute Gasteiger partial charge is 0.160 e. The standard InChI is InChI=1S/C16H21NO3/c1-17(11-14-7-9-20-12-14)8-6-13-4-5-15(18-2)16(10-13)19-3/h4-5,7,9-10,12H,6,8,11H2,1-3H3. The third kappa shape index (κ3) is 3.78. The maximum Gasteiger partial charge on any atom is 0.160 e. The molecule has 0 amide bonds. The average Bonchev–Trinajstić information content (AvgIpc) is 2.97. The molecule has 0 N–H and O–H groups in total. The molecule has 1 aromatic heterocycles. The Bertz CT molecular complexity index is 523.